The molecule has 0 heterocycles. The molecular formula is C22H22FN3O2. The monoisotopic (exact) mass is 379 g/mol. The summed E-state index contributed by atoms with van der Waals surface area (Å²) >= 11 is 0. The fourth-order valence-electron chi connectivity index (χ4n) is 3.10. The number of likely N-dealkylation sites (N-methyl/N-ethyl adjacent to an activating group) is 1. The van der Waals surface area contributed by atoms with Crippen LogP contribution in [0.4, 0.5) is 10.1 Å². The maximum atomic E-state index is 12.9. The van der Waals surface area contributed by atoms with E-state index in [1.165, 1.54) is 24.3 Å². The standard InChI is InChI=1S/C22H22FN3O2/c1-26(2)20(19-9-5-7-15-6-3-4-8-18(15)19)14-24-21(27)22(28)25-17-12-10-16(23)11-13-17/h3-13,20H,14H2,1-2H3,(H,24,27)(H,25,28). The quantitative estimate of drug-likeness (QED) is 0.669. The second-order valence-electron chi connectivity index (χ2n) is 6.72. The number of nitrogens with one attached hydrogen (secondary N) is 2. The zero-order valence-electron chi connectivity index (χ0n) is 15.8. The van der Waals surface area contributed by atoms with Crippen molar-refractivity contribution in [1.82, 2.24) is 10.2 Å². The minimum absolute atomic E-state index is 0.103. The van der Waals surface area contributed by atoms with Gasteiger partial charge in [-0.2, -0.15) is 0 Å². The van der Waals surface area contributed by atoms with Crippen LogP contribution in [0.1, 0.15) is 11.6 Å². The molecule has 1 unspecified atom stereocenters. The minimum Gasteiger partial charge on any atom is -0.346 e. The van der Waals surface area contributed by atoms with Crippen molar-refractivity contribution in [3.63, 3.8) is 0 Å². The van der Waals surface area contributed by atoms with Crippen LogP contribution in [0.2, 0.25) is 0 Å². The number of fused-ring (bicyclic) bond motifs is 1. The van der Waals surface area contributed by atoms with Gasteiger partial charge in [-0.25, -0.2) is 4.39 Å². The van der Waals surface area contributed by atoms with E-state index in [-0.39, 0.29) is 12.6 Å². The lowest BCUT2D eigenvalue weighted by Crippen LogP contribution is -2.40. The van der Waals surface area contributed by atoms with Gasteiger partial charge in [0.15, 0.2) is 0 Å². The highest BCUT2D eigenvalue weighted by Gasteiger charge is 2.20. The molecule has 0 bridgehead atoms. The molecule has 0 saturated heterocycles. The largest absolute Gasteiger partial charge is 0.346 e. The van der Waals surface area contributed by atoms with Crippen LogP contribution >= 0.6 is 0 Å². The van der Waals surface area contributed by atoms with Crippen molar-refractivity contribution in [3.05, 3.63) is 78.1 Å². The van der Waals surface area contributed by atoms with Gasteiger partial charge in [-0.15, -0.1) is 0 Å². The first-order valence-corrected chi connectivity index (χ1v) is 8.94. The third-order valence-corrected chi connectivity index (χ3v) is 4.57. The molecule has 6 heteroatoms. The Morgan fingerprint density at radius 3 is 2.32 bits per heavy atom. The van der Waals surface area contributed by atoms with Crippen molar-refractivity contribution in [3.8, 4) is 0 Å². The summed E-state index contributed by atoms with van der Waals surface area (Å²) in [6.45, 7) is 0.274. The summed E-state index contributed by atoms with van der Waals surface area (Å²) in [6, 6.07) is 19.2. The second kappa shape index (κ2) is 8.63. The number of hydrogen-bond donors (Lipinski definition) is 2. The minimum atomic E-state index is -0.790. The van der Waals surface area contributed by atoms with Gasteiger partial charge in [-0.1, -0.05) is 42.5 Å². The molecule has 3 aromatic rings. The molecule has 5 nitrogen and oxygen atoms in total. The molecule has 1 atom stereocenters. The Kier molecular flexibility index (Phi) is 6.01. The maximum Gasteiger partial charge on any atom is 0.313 e. The first-order chi connectivity index (χ1) is 13.5. The van der Waals surface area contributed by atoms with Crippen molar-refractivity contribution in [2.75, 3.05) is 26.0 Å². The SMILES string of the molecule is CN(C)C(CNC(=O)C(=O)Nc1ccc(F)cc1)c1cccc2ccccc12. The highest BCUT2D eigenvalue weighted by Crippen LogP contribution is 2.26. The van der Waals surface area contributed by atoms with Crippen LogP contribution in [-0.2, 0) is 9.59 Å². The summed E-state index contributed by atoms with van der Waals surface area (Å²) in [4.78, 5) is 26.3. The van der Waals surface area contributed by atoms with Crippen molar-refractivity contribution in [2.45, 2.75) is 6.04 Å². The molecule has 28 heavy (non-hydrogen) atoms. The fraction of sp³-hybridized carbons (Fsp3) is 0.182. The summed E-state index contributed by atoms with van der Waals surface area (Å²) < 4.78 is 12.9. The molecule has 3 aromatic carbocycles. The van der Waals surface area contributed by atoms with Crippen LogP contribution in [-0.4, -0.2) is 37.4 Å². The number of nitrogens with zero attached hydrogens (tertiary/aromatic N) is 1. The average Bonchev–Trinajstić information content (AvgIpc) is 2.69. The van der Waals surface area contributed by atoms with E-state index in [1.54, 1.807) is 0 Å². The number of halogens is 1. The number of anilines is 1. The normalized spacial score (nSPS) is 12.0. The van der Waals surface area contributed by atoms with Crippen molar-refractivity contribution >= 4 is 28.3 Å². The Bertz CT molecular complexity index is 981. The molecular weight excluding hydrogens is 357 g/mol. The Hall–Kier alpha value is -3.25. The highest BCUT2D eigenvalue weighted by molar-refractivity contribution is 6.39. The smallest absolute Gasteiger partial charge is 0.313 e. The van der Waals surface area contributed by atoms with E-state index >= 15 is 0 Å². The Labute approximate surface area is 163 Å². The molecule has 0 aliphatic rings. The lowest BCUT2D eigenvalue weighted by Gasteiger charge is -2.26. The van der Waals surface area contributed by atoms with Crippen molar-refractivity contribution in [1.29, 1.82) is 0 Å². The highest BCUT2D eigenvalue weighted by atomic mass is 19.1. The zero-order valence-corrected chi connectivity index (χ0v) is 15.8. The van der Waals surface area contributed by atoms with Crippen molar-refractivity contribution < 1.29 is 14.0 Å². The van der Waals surface area contributed by atoms with Crippen LogP contribution in [0, 0.1) is 5.82 Å². The van der Waals surface area contributed by atoms with Gasteiger partial charge in [0.25, 0.3) is 0 Å². The van der Waals surface area contributed by atoms with E-state index in [1.807, 2.05) is 61.5 Å². The van der Waals surface area contributed by atoms with Gasteiger partial charge in [0, 0.05) is 12.2 Å². The third kappa shape index (κ3) is 4.53. The predicted molar refractivity (Wildman–Crippen MR) is 108 cm³/mol. The summed E-state index contributed by atoms with van der Waals surface area (Å²) in [5, 5.41) is 7.38. The number of carbonyl (C=O) groups excluding carboxylic acids is 2. The summed E-state index contributed by atoms with van der Waals surface area (Å²) in [6.07, 6.45) is 0. The van der Waals surface area contributed by atoms with Gasteiger partial charge in [0.05, 0.1) is 6.04 Å². The predicted octanol–water partition coefficient (Wildman–Crippen LogP) is 3.34. The van der Waals surface area contributed by atoms with Gasteiger partial charge in [0.2, 0.25) is 0 Å². The third-order valence-electron chi connectivity index (χ3n) is 4.57. The Morgan fingerprint density at radius 2 is 1.61 bits per heavy atom. The molecule has 0 spiro atoms. The average molecular weight is 379 g/mol. The molecule has 0 aliphatic heterocycles. The second-order valence-corrected chi connectivity index (χ2v) is 6.72. The number of benzene rings is 3. The van der Waals surface area contributed by atoms with Crippen LogP contribution in [0.5, 0.6) is 0 Å². The molecule has 0 fully saturated rings. The molecule has 2 amide bonds. The molecule has 0 aliphatic carbocycles. The van der Waals surface area contributed by atoms with Crippen LogP contribution in [0.15, 0.2) is 66.7 Å². The summed E-state index contributed by atoms with van der Waals surface area (Å²) in [5.41, 5.74) is 1.43. The molecule has 0 saturated carbocycles. The molecule has 2 N–H and O–H groups in total. The van der Waals surface area contributed by atoms with Crippen molar-refractivity contribution in [2.24, 2.45) is 0 Å². The lowest BCUT2D eigenvalue weighted by molar-refractivity contribution is -0.136. The summed E-state index contributed by atoms with van der Waals surface area (Å²) in [7, 11) is 3.86. The van der Waals surface area contributed by atoms with E-state index < -0.39 is 17.6 Å². The molecule has 144 valence electrons. The number of amides is 2. The topological polar surface area (TPSA) is 61.4 Å². The number of hydrogen-bond acceptors (Lipinski definition) is 3. The zero-order chi connectivity index (χ0) is 20.1. The van der Waals surface area contributed by atoms with Gasteiger partial charge in [0.1, 0.15) is 5.82 Å². The summed E-state index contributed by atoms with van der Waals surface area (Å²) in [5.74, 6) is -1.94. The molecule has 3 rings (SSSR count). The van der Waals surface area contributed by atoms with E-state index in [0.717, 1.165) is 16.3 Å². The van der Waals surface area contributed by atoms with Gasteiger partial charge >= 0.3 is 11.8 Å². The fourth-order valence-corrected chi connectivity index (χ4v) is 3.10. The molecule has 0 radical (unpaired) electrons. The first-order valence-electron chi connectivity index (χ1n) is 8.94. The maximum absolute atomic E-state index is 12.9. The van der Waals surface area contributed by atoms with E-state index in [9.17, 15) is 14.0 Å². The van der Waals surface area contributed by atoms with E-state index in [0.29, 0.717) is 5.69 Å². The van der Waals surface area contributed by atoms with Crippen LogP contribution in [0.3, 0.4) is 0 Å². The number of carbonyl (C=O) groups is 2. The van der Waals surface area contributed by atoms with E-state index in [4.69, 9.17) is 0 Å². The Balaban J connectivity index is 1.70. The van der Waals surface area contributed by atoms with Crippen LogP contribution < -0.4 is 10.6 Å². The van der Waals surface area contributed by atoms with Gasteiger partial charge in [-0.05, 0) is 54.7 Å². The van der Waals surface area contributed by atoms with E-state index in [2.05, 4.69) is 10.6 Å². The lowest BCUT2D eigenvalue weighted by atomic mass is 9.98. The first kappa shape index (κ1) is 19.5. The number of rotatable bonds is 5. The Morgan fingerprint density at radius 1 is 0.929 bits per heavy atom. The van der Waals surface area contributed by atoms with Gasteiger partial charge < -0.3 is 15.5 Å². The van der Waals surface area contributed by atoms with Gasteiger partial charge in [-0.3, -0.25) is 9.59 Å². The molecule has 0 aromatic heterocycles. The van der Waals surface area contributed by atoms with Crippen LogP contribution in [0.25, 0.3) is 10.8 Å².